The van der Waals surface area contributed by atoms with Gasteiger partial charge in [0.15, 0.2) is 29.0 Å². The second kappa shape index (κ2) is 5.83. The maximum Gasteiger partial charge on any atom is 0.306 e. The summed E-state index contributed by atoms with van der Waals surface area (Å²) in [5.41, 5.74) is 0.551. The first-order valence-electron chi connectivity index (χ1n) is 10.0. The molecule has 2 aliphatic heterocycles. The number of methoxy groups -OCH3 is 1. The van der Waals surface area contributed by atoms with Crippen LogP contribution in [-0.2, 0) is 26.2 Å². The highest BCUT2D eigenvalue weighted by molar-refractivity contribution is 5.99. The van der Waals surface area contributed by atoms with Gasteiger partial charge in [-0.1, -0.05) is 13.0 Å². The van der Waals surface area contributed by atoms with Crippen LogP contribution in [0.25, 0.3) is 0 Å². The van der Waals surface area contributed by atoms with E-state index in [1.165, 1.54) is 0 Å². The lowest BCUT2D eigenvalue weighted by Gasteiger charge is -2.61. The molecule has 1 saturated heterocycles. The number of carbonyl (C=O) groups excluding carboxylic acids is 2. The number of hydrogen-bond donors (Lipinski definition) is 0. The minimum atomic E-state index is -0.907. The zero-order valence-corrected chi connectivity index (χ0v) is 16.5. The Hall–Kier alpha value is -2.34. The minimum absolute atomic E-state index is 0.0376. The van der Waals surface area contributed by atoms with Crippen molar-refractivity contribution < 1.29 is 23.8 Å². The van der Waals surface area contributed by atoms with E-state index < -0.39 is 17.1 Å². The number of carbonyl (C=O) groups is 2. The lowest BCUT2D eigenvalue weighted by molar-refractivity contribution is -0.190. The summed E-state index contributed by atoms with van der Waals surface area (Å²) in [4.78, 5) is 27.9. The van der Waals surface area contributed by atoms with Crippen molar-refractivity contribution in [2.45, 2.75) is 55.8 Å². The van der Waals surface area contributed by atoms with Gasteiger partial charge < -0.3 is 14.2 Å². The molecule has 0 saturated carbocycles. The predicted octanol–water partition coefficient (Wildman–Crippen LogP) is 2.18. The third kappa shape index (κ3) is 1.91. The highest BCUT2D eigenvalue weighted by Crippen LogP contribution is 2.64. The van der Waals surface area contributed by atoms with Crippen LogP contribution in [0.4, 0.5) is 0 Å². The Balaban J connectivity index is 1.80. The van der Waals surface area contributed by atoms with Crippen LogP contribution in [0.1, 0.15) is 37.3 Å². The topological polar surface area (TPSA) is 65.1 Å². The van der Waals surface area contributed by atoms with Crippen molar-refractivity contribution in [2.75, 3.05) is 20.7 Å². The third-order valence-electron chi connectivity index (χ3n) is 7.04. The Morgan fingerprint density at radius 1 is 1.39 bits per heavy atom. The molecule has 1 aromatic rings. The van der Waals surface area contributed by atoms with Crippen molar-refractivity contribution in [1.29, 1.82) is 0 Å². The number of ketones is 1. The smallest absolute Gasteiger partial charge is 0.306 e. The molecule has 1 spiro atoms. The van der Waals surface area contributed by atoms with Gasteiger partial charge in [0, 0.05) is 12.0 Å². The van der Waals surface area contributed by atoms with E-state index in [1.54, 1.807) is 13.2 Å². The number of ether oxygens (including phenoxy) is 3. The number of piperidine rings is 1. The van der Waals surface area contributed by atoms with Crippen molar-refractivity contribution >= 4 is 11.8 Å². The van der Waals surface area contributed by atoms with Crippen LogP contribution < -0.4 is 9.47 Å². The van der Waals surface area contributed by atoms with Crippen molar-refractivity contribution in [3.05, 3.63) is 35.4 Å². The first kappa shape index (κ1) is 17.7. The van der Waals surface area contributed by atoms with Gasteiger partial charge in [0.1, 0.15) is 0 Å². The Kier molecular flexibility index (Phi) is 3.69. The fourth-order valence-electron chi connectivity index (χ4n) is 5.88. The molecule has 4 aliphatic rings. The molecular formula is C22H25NO5. The molecule has 2 aliphatic carbocycles. The number of esters is 1. The molecule has 2 heterocycles. The zero-order valence-electron chi connectivity index (χ0n) is 16.5. The second-order valence-electron chi connectivity index (χ2n) is 8.30. The number of rotatable bonds is 4. The molecule has 0 amide bonds. The first-order valence-corrected chi connectivity index (χ1v) is 10.0. The number of nitrogens with zero attached hydrogens (tertiary/aromatic N) is 1. The largest absolute Gasteiger partial charge is 0.493 e. The van der Waals surface area contributed by atoms with Crippen LogP contribution in [0.3, 0.4) is 0 Å². The molecule has 2 bridgehead atoms. The normalized spacial score (nSPS) is 34.6. The molecule has 1 aromatic carbocycles. The summed E-state index contributed by atoms with van der Waals surface area (Å²) in [7, 11) is 3.67. The van der Waals surface area contributed by atoms with Gasteiger partial charge in [-0.3, -0.25) is 14.5 Å². The average Bonchev–Trinajstić information content (AvgIpc) is 3.03. The van der Waals surface area contributed by atoms with E-state index in [1.807, 2.05) is 19.1 Å². The van der Waals surface area contributed by atoms with Crippen molar-refractivity contribution in [3.8, 4) is 11.5 Å². The highest BCUT2D eigenvalue weighted by Gasteiger charge is 2.74. The van der Waals surface area contributed by atoms with Crippen LogP contribution in [0.2, 0.25) is 0 Å². The molecule has 6 heteroatoms. The molecule has 5 rings (SSSR count). The van der Waals surface area contributed by atoms with Crippen molar-refractivity contribution in [1.82, 2.24) is 4.90 Å². The maximum absolute atomic E-state index is 12.9. The zero-order chi connectivity index (χ0) is 19.7. The Labute approximate surface area is 164 Å². The quantitative estimate of drug-likeness (QED) is 0.743. The summed E-state index contributed by atoms with van der Waals surface area (Å²) in [6.07, 6.45) is 5.22. The Morgan fingerprint density at radius 2 is 2.21 bits per heavy atom. The lowest BCUT2D eigenvalue weighted by atomic mass is 9.50. The SMILES string of the molecule is CCCC(=O)O[C@@]12C=CC(=O)[C@@H]3Oc4c(OC)ccc5c4[C@@]31CCN(C)[C@@H]2C5. The summed E-state index contributed by atoms with van der Waals surface area (Å²) < 4.78 is 18.1. The molecule has 1 fully saturated rings. The van der Waals surface area contributed by atoms with Gasteiger partial charge in [-0.05, 0) is 56.6 Å². The number of hydrogen-bond acceptors (Lipinski definition) is 6. The highest BCUT2D eigenvalue weighted by atomic mass is 16.6. The summed E-state index contributed by atoms with van der Waals surface area (Å²) in [5, 5.41) is 0. The van der Waals surface area contributed by atoms with Gasteiger partial charge in [-0.15, -0.1) is 0 Å². The van der Waals surface area contributed by atoms with Crippen LogP contribution >= 0.6 is 0 Å². The number of likely N-dealkylation sites (tertiary alicyclic amines) is 1. The summed E-state index contributed by atoms with van der Waals surface area (Å²) in [6, 6.07) is 3.94. The van der Waals surface area contributed by atoms with Crippen LogP contribution in [0.15, 0.2) is 24.3 Å². The van der Waals surface area contributed by atoms with Crippen molar-refractivity contribution in [3.63, 3.8) is 0 Å². The minimum Gasteiger partial charge on any atom is -0.493 e. The predicted molar refractivity (Wildman–Crippen MR) is 102 cm³/mol. The average molecular weight is 383 g/mol. The monoisotopic (exact) mass is 383 g/mol. The molecule has 0 unspecified atom stereocenters. The second-order valence-corrected chi connectivity index (χ2v) is 8.30. The molecular weight excluding hydrogens is 358 g/mol. The number of likely N-dealkylation sites (N-methyl/N-ethyl adjacent to an activating group) is 1. The molecule has 4 atom stereocenters. The summed E-state index contributed by atoms with van der Waals surface area (Å²) >= 11 is 0. The van der Waals surface area contributed by atoms with Gasteiger partial charge in [0.05, 0.1) is 18.6 Å². The maximum atomic E-state index is 12.9. The van der Waals surface area contributed by atoms with E-state index in [2.05, 4.69) is 18.0 Å². The van der Waals surface area contributed by atoms with E-state index in [0.717, 1.165) is 30.5 Å². The van der Waals surface area contributed by atoms with E-state index in [9.17, 15) is 9.59 Å². The Bertz CT molecular complexity index is 908. The fraction of sp³-hybridized carbons (Fsp3) is 0.545. The first-order chi connectivity index (χ1) is 13.5. The van der Waals surface area contributed by atoms with Gasteiger partial charge in [-0.2, -0.15) is 0 Å². The molecule has 28 heavy (non-hydrogen) atoms. The van der Waals surface area contributed by atoms with Gasteiger partial charge in [0.2, 0.25) is 0 Å². The molecule has 148 valence electrons. The van der Waals surface area contributed by atoms with Crippen LogP contribution in [0.5, 0.6) is 11.5 Å². The van der Waals surface area contributed by atoms with Gasteiger partial charge >= 0.3 is 5.97 Å². The van der Waals surface area contributed by atoms with Crippen LogP contribution in [-0.4, -0.2) is 55.1 Å². The van der Waals surface area contributed by atoms with E-state index in [4.69, 9.17) is 14.2 Å². The van der Waals surface area contributed by atoms with E-state index in [0.29, 0.717) is 24.3 Å². The summed E-state index contributed by atoms with van der Waals surface area (Å²) in [5.74, 6) is 0.971. The van der Waals surface area contributed by atoms with E-state index >= 15 is 0 Å². The Morgan fingerprint density at radius 3 is 2.96 bits per heavy atom. The van der Waals surface area contributed by atoms with Gasteiger partial charge in [0.25, 0.3) is 0 Å². The fourth-order valence-corrected chi connectivity index (χ4v) is 5.88. The molecule has 6 nitrogen and oxygen atoms in total. The van der Waals surface area contributed by atoms with Crippen molar-refractivity contribution in [2.24, 2.45) is 0 Å². The van der Waals surface area contributed by atoms with Crippen LogP contribution in [0, 0.1) is 0 Å². The lowest BCUT2D eigenvalue weighted by Crippen LogP contribution is -2.75. The molecule has 0 aromatic heterocycles. The standard InChI is InChI=1S/C22H25NO5/c1-4-5-17(25)28-22-9-8-14(24)20-21(22)10-11-23(2)16(22)12-13-6-7-15(26-3)19(27-20)18(13)21/h6-9,16,20H,4-5,10-12H2,1-3H3/t16-,20+,21+,22-/m1/s1. The number of benzene rings is 1. The van der Waals surface area contributed by atoms with Gasteiger partial charge in [-0.25, -0.2) is 0 Å². The summed E-state index contributed by atoms with van der Waals surface area (Å²) in [6.45, 7) is 2.78. The molecule has 0 radical (unpaired) electrons. The third-order valence-corrected chi connectivity index (χ3v) is 7.04. The molecule has 0 N–H and O–H groups in total. The van der Waals surface area contributed by atoms with E-state index in [-0.39, 0.29) is 17.8 Å².